The van der Waals surface area contributed by atoms with Gasteiger partial charge < -0.3 is 4.57 Å². The molecule has 1 N–H and O–H groups in total. The zero-order valence-electron chi connectivity index (χ0n) is 12.4. The molecule has 0 aliphatic heterocycles. The Kier molecular flexibility index (Phi) is 4.75. The SMILES string of the molecule is CCONC(=O)c1c(C)cc(C)n1Cc1ccccc1F. The number of carbonyl (C=O) groups excluding carboxylic acids is 1. The summed E-state index contributed by atoms with van der Waals surface area (Å²) in [6.07, 6.45) is 0. The Morgan fingerprint density at radius 1 is 1.33 bits per heavy atom. The zero-order valence-corrected chi connectivity index (χ0v) is 12.4. The minimum atomic E-state index is -0.321. The van der Waals surface area contributed by atoms with E-state index >= 15 is 0 Å². The van der Waals surface area contributed by atoms with E-state index in [0.29, 0.717) is 24.4 Å². The maximum Gasteiger partial charge on any atom is 0.291 e. The molecule has 2 aromatic rings. The lowest BCUT2D eigenvalue weighted by Crippen LogP contribution is -2.27. The fourth-order valence-corrected chi connectivity index (χ4v) is 2.34. The number of hydroxylamine groups is 1. The number of aryl methyl sites for hydroxylation is 2. The molecule has 0 fully saturated rings. The number of hydrogen-bond acceptors (Lipinski definition) is 2. The van der Waals surface area contributed by atoms with Crippen molar-refractivity contribution in [3.63, 3.8) is 0 Å². The van der Waals surface area contributed by atoms with E-state index in [1.54, 1.807) is 29.7 Å². The van der Waals surface area contributed by atoms with Crippen LogP contribution in [0.2, 0.25) is 0 Å². The molecule has 0 bridgehead atoms. The minimum Gasteiger partial charge on any atom is -0.336 e. The molecule has 1 aromatic carbocycles. The number of amides is 1. The van der Waals surface area contributed by atoms with Crippen LogP contribution in [0.15, 0.2) is 30.3 Å². The van der Waals surface area contributed by atoms with E-state index in [9.17, 15) is 9.18 Å². The second kappa shape index (κ2) is 6.54. The first-order valence-corrected chi connectivity index (χ1v) is 6.86. The highest BCUT2D eigenvalue weighted by Gasteiger charge is 2.18. The van der Waals surface area contributed by atoms with Crippen LogP contribution in [0.4, 0.5) is 4.39 Å². The summed E-state index contributed by atoms with van der Waals surface area (Å²) in [5, 5.41) is 0. The molecule has 0 aliphatic rings. The van der Waals surface area contributed by atoms with E-state index in [2.05, 4.69) is 5.48 Å². The Morgan fingerprint density at radius 3 is 2.71 bits per heavy atom. The van der Waals surface area contributed by atoms with Crippen LogP contribution in [0, 0.1) is 19.7 Å². The van der Waals surface area contributed by atoms with Crippen LogP contribution in [-0.4, -0.2) is 17.1 Å². The molecule has 2 rings (SSSR count). The average molecular weight is 290 g/mol. The normalized spacial score (nSPS) is 10.7. The van der Waals surface area contributed by atoms with Gasteiger partial charge in [-0.25, -0.2) is 9.87 Å². The van der Waals surface area contributed by atoms with Gasteiger partial charge in [-0.05, 0) is 38.5 Å². The molecule has 1 amide bonds. The van der Waals surface area contributed by atoms with Gasteiger partial charge in [-0.3, -0.25) is 9.63 Å². The van der Waals surface area contributed by atoms with Crippen LogP contribution in [-0.2, 0) is 11.4 Å². The molecule has 1 aromatic heterocycles. The van der Waals surface area contributed by atoms with E-state index in [4.69, 9.17) is 4.84 Å². The van der Waals surface area contributed by atoms with Crippen LogP contribution < -0.4 is 5.48 Å². The Hall–Kier alpha value is -2.14. The lowest BCUT2D eigenvalue weighted by atomic mass is 10.2. The zero-order chi connectivity index (χ0) is 15.4. The van der Waals surface area contributed by atoms with Gasteiger partial charge >= 0.3 is 0 Å². The van der Waals surface area contributed by atoms with Crippen LogP contribution >= 0.6 is 0 Å². The summed E-state index contributed by atoms with van der Waals surface area (Å²) in [5.74, 6) is -0.599. The summed E-state index contributed by atoms with van der Waals surface area (Å²) < 4.78 is 15.6. The molecule has 4 nitrogen and oxygen atoms in total. The topological polar surface area (TPSA) is 43.3 Å². The molecule has 21 heavy (non-hydrogen) atoms. The third kappa shape index (κ3) is 3.31. The monoisotopic (exact) mass is 290 g/mol. The molecule has 0 aliphatic carbocycles. The van der Waals surface area contributed by atoms with E-state index in [-0.39, 0.29) is 11.7 Å². The predicted octanol–water partition coefficient (Wildman–Crippen LogP) is 2.97. The van der Waals surface area contributed by atoms with Crippen molar-refractivity contribution in [2.75, 3.05) is 6.61 Å². The maximum absolute atomic E-state index is 13.8. The van der Waals surface area contributed by atoms with Gasteiger partial charge in [-0.1, -0.05) is 18.2 Å². The fourth-order valence-electron chi connectivity index (χ4n) is 2.34. The van der Waals surface area contributed by atoms with Gasteiger partial charge in [0.15, 0.2) is 0 Å². The lowest BCUT2D eigenvalue weighted by molar-refractivity contribution is 0.0355. The second-order valence-corrected chi connectivity index (χ2v) is 4.86. The van der Waals surface area contributed by atoms with Crippen LogP contribution in [0.5, 0.6) is 0 Å². The Balaban J connectivity index is 2.35. The minimum absolute atomic E-state index is 0.278. The molecule has 0 saturated heterocycles. The highest BCUT2D eigenvalue weighted by atomic mass is 19.1. The molecular weight excluding hydrogens is 271 g/mol. The number of carbonyl (C=O) groups is 1. The van der Waals surface area contributed by atoms with Crippen molar-refractivity contribution in [3.05, 3.63) is 58.7 Å². The van der Waals surface area contributed by atoms with E-state index < -0.39 is 0 Å². The van der Waals surface area contributed by atoms with Gasteiger partial charge in [0.2, 0.25) is 0 Å². The molecule has 112 valence electrons. The molecule has 1 heterocycles. The molecule has 0 atom stereocenters. The summed E-state index contributed by atoms with van der Waals surface area (Å²) in [4.78, 5) is 17.1. The molecular formula is C16H19FN2O2. The first-order valence-electron chi connectivity index (χ1n) is 6.86. The number of nitrogens with one attached hydrogen (secondary N) is 1. The Morgan fingerprint density at radius 2 is 2.05 bits per heavy atom. The van der Waals surface area contributed by atoms with Crippen molar-refractivity contribution in [1.29, 1.82) is 0 Å². The summed E-state index contributed by atoms with van der Waals surface area (Å²) in [5.41, 5.74) is 5.16. The van der Waals surface area contributed by atoms with Crippen molar-refractivity contribution in [3.8, 4) is 0 Å². The van der Waals surface area contributed by atoms with Crippen molar-refractivity contribution in [1.82, 2.24) is 10.0 Å². The van der Waals surface area contributed by atoms with Crippen LogP contribution in [0.25, 0.3) is 0 Å². The van der Waals surface area contributed by atoms with Crippen LogP contribution in [0.1, 0.15) is 34.2 Å². The largest absolute Gasteiger partial charge is 0.336 e. The predicted molar refractivity (Wildman–Crippen MR) is 78.5 cm³/mol. The highest BCUT2D eigenvalue weighted by Crippen LogP contribution is 2.18. The molecule has 0 radical (unpaired) electrons. The van der Waals surface area contributed by atoms with Gasteiger partial charge in [0.25, 0.3) is 5.91 Å². The third-order valence-corrected chi connectivity index (χ3v) is 3.31. The molecule has 5 heteroatoms. The van der Waals surface area contributed by atoms with Crippen molar-refractivity contribution >= 4 is 5.91 Å². The van der Waals surface area contributed by atoms with Crippen LogP contribution in [0.3, 0.4) is 0 Å². The summed E-state index contributed by atoms with van der Waals surface area (Å²) in [6.45, 7) is 6.23. The van der Waals surface area contributed by atoms with E-state index in [0.717, 1.165) is 11.3 Å². The first-order chi connectivity index (χ1) is 10.0. The van der Waals surface area contributed by atoms with Gasteiger partial charge in [0.05, 0.1) is 13.2 Å². The second-order valence-electron chi connectivity index (χ2n) is 4.86. The summed E-state index contributed by atoms with van der Waals surface area (Å²) >= 11 is 0. The number of nitrogens with zero attached hydrogens (tertiary/aromatic N) is 1. The highest BCUT2D eigenvalue weighted by molar-refractivity contribution is 5.93. The van der Waals surface area contributed by atoms with Crippen molar-refractivity contribution in [2.45, 2.75) is 27.3 Å². The maximum atomic E-state index is 13.8. The molecule has 0 unspecified atom stereocenters. The average Bonchev–Trinajstić information content (AvgIpc) is 2.73. The Labute approximate surface area is 123 Å². The molecule has 0 saturated carbocycles. The van der Waals surface area contributed by atoms with E-state index in [1.165, 1.54) is 6.07 Å². The third-order valence-electron chi connectivity index (χ3n) is 3.31. The van der Waals surface area contributed by atoms with Gasteiger partial charge in [0.1, 0.15) is 11.5 Å². The standard InChI is InChI=1S/C16H19FN2O2/c1-4-21-18-16(20)15-11(2)9-12(3)19(15)10-13-7-5-6-8-14(13)17/h5-9H,4,10H2,1-3H3,(H,18,20). The summed E-state index contributed by atoms with van der Waals surface area (Å²) in [7, 11) is 0. The number of aromatic nitrogens is 1. The first kappa shape index (κ1) is 15.3. The number of hydrogen-bond donors (Lipinski definition) is 1. The van der Waals surface area contributed by atoms with E-state index in [1.807, 2.05) is 19.9 Å². The quantitative estimate of drug-likeness (QED) is 0.860. The van der Waals surface area contributed by atoms with Gasteiger partial charge in [-0.15, -0.1) is 0 Å². The van der Waals surface area contributed by atoms with Gasteiger partial charge in [0, 0.05) is 11.3 Å². The Bertz CT molecular complexity index is 650. The number of rotatable bonds is 5. The summed E-state index contributed by atoms with van der Waals surface area (Å²) in [6, 6.07) is 8.47. The smallest absolute Gasteiger partial charge is 0.291 e. The molecule has 0 spiro atoms. The van der Waals surface area contributed by atoms with Crippen molar-refractivity contribution < 1.29 is 14.0 Å². The fraction of sp³-hybridized carbons (Fsp3) is 0.312. The van der Waals surface area contributed by atoms with Crippen molar-refractivity contribution in [2.24, 2.45) is 0 Å². The lowest BCUT2D eigenvalue weighted by Gasteiger charge is -2.13. The number of benzene rings is 1. The number of halogens is 1. The van der Waals surface area contributed by atoms with Gasteiger partial charge in [-0.2, -0.15) is 0 Å².